The van der Waals surface area contributed by atoms with Gasteiger partial charge in [-0.3, -0.25) is 28.7 Å². The lowest BCUT2D eigenvalue weighted by atomic mass is 10.0. The summed E-state index contributed by atoms with van der Waals surface area (Å²) in [5.41, 5.74) is 14.9. The van der Waals surface area contributed by atoms with Crippen LogP contribution >= 0.6 is 0 Å². The van der Waals surface area contributed by atoms with Crippen LogP contribution in [0.3, 0.4) is 0 Å². The molecule has 9 atom stereocenters. The largest absolute Gasteiger partial charge is 0.456 e. The molecule has 2 aliphatic heterocycles. The van der Waals surface area contributed by atoms with Crippen LogP contribution < -0.4 is 33.8 Å². The number of aromatic amines is 1. The monoisotopic (exact) mass is 600 g/mol. The van der Waals surface area contributed by atoms with E-state index in [1.54, 1.807) is 0 Å². The smallest absolute Gasteiger partial charge is 0.330 e. The number of carbonyl (C=O) groups is 3. The molecule has 0 bridgehead atoms. The van der Waals surface area contributed by atoms with Crippen LogP contribution in [0.5, 0.6) is 0 Å². The first-order chi connectivity index (χ1) is 19.9. The van der Waals surface area contributed by atoms with Crippen LogP contribution in [0.1, 0.15) is 25.5 Å². The third kappa shape index (κ3) is 7.40. The Morgan fingerprint density at radius 2 is 1.81 bits per heavy atom. The minimum Gasteiger partial charge on any atom is -0.456 e. The standard InChI is InChI=1S/C24H36N6O12/c1-38-15-16(41-22(18(15)39-2)30-8-6-13(32)29-24(30)37)17(20(27)35)42-23-14(33)11(31)9-12(40-23)21(36)28-10(19(26)34)5-3-4-7-25/h6,8-11,14-18,22-23,31,33H,3-5,7,25H2,1-2H3,(H2,26,34)(H2,27,35)(H,28,36)(H,29,32,37)/t10?,11?,14?,15?,16-,17?,18?,22+,23+/m0/s1. The Kier molecular flexibility index (Phi) is 11.3. The Hall–Kier alpha value is -3.65. The molecule has 3 rings (SSSR count). The summed E-state index contributed by atoms with van der Waals surface area (Å²) in [7, 11) is 2.56. The number of unbranched alkanes of at least 4 members (excludes halogenated alkanes) is 1. The second kappa shape index (κ2) is 14.5. The molecule has 10 N–H and O–H groups in total. The Morgan fingerprint density at radius 3 is 2.38 bits per heavy atom. The summed E-state index contributed by atoms with van der Waals surface area (Å²) in [6.45, 7) is 0.375. The van der Waals surface area contributed by atoms with Crippen molar-refractivity contribution in [1.82, 2.24) is 14.9 Å². The van der Waals surface area contributed by atoms with Gasteiger partial charge in [0.2, 0.25) is 18.1 Å². The Morgan fingerprint density at radius 1 is 1.12 bits per heavy atom. The summed E-state index contributed by atoms with van der Waals surface area (Å²) < 4.78 is 29.0. The molecule has 234 valence electrons. The Labute approximate surface area is 238 Å². The highest BCUT2D eigenvalue weighted by Gasteiger charge is 2.53. The van der Waals surface area contributed by atoms with Crippen molar-refractivity contribution >= 4 is 17.7 Å². The highest BCUT2D eigenvalue weighted by atomic mass is 16.7. The molecule has 3 heterocycles. The molecule has 0 spiro atoms. The lowest BCUT2D eigenvalue weighted by molar-refractivity contribution is -0.241. The highest BCUT2D eigenvalue weighted by molar-refractivity contribution is 5.95. The van der Waals surface area contributed by atoms with Crippen LogP contribution in [0.4, 0.5) is 0 Å². The van der Waals surface area contributed by atoms with E-state index < -0.39 is 89.9 Å². The predicted octanol–water partition coefficient (Wildman–Crippen LogP) is -4.60. The van der Waals surface area contributed by atoms with Crippen molar-refractivity contribution in [3.05, 3.63) is 44.9 Å². The lowest BCUT2D eigenvalue weighted by Crippen LogP contribution is -2.54. The fourth-order valence-corrected chi connectivity index (χ4v) is 4.62. The SMILES string of the molecule is COC1C(OC)[C@H](n2ccc(=O)[nH]c2=O)O[C@@H]1C(O[C@H]1OC(C(=O)NC(CCCCN)C(N)=O)=CC(O)C1O)C(N)=O. The van der Waals surface area contributed by atoms with Crippen LogP contribution in [-0.2, 0) is 38.1 Å². The second-order valence-electron chi connectivity index (χ2n) is 9.58. The number of aromatic nitrogens is 2. The highest BCUT2D eigenvalue weighted by Crippen LogP contribution is 2.35. The minimum atomic E-state index is -1.84. The number of carbonyl (C=O) groups excluding carboxylic acids is 3. The Bertz CT molecular complexity index is 1270. The molecule has 6 unspecified atom stereocenters. The molecule has 0 saturated carbocycles. The van der Waals surface area contributed by atoms with E-state index in [9.17, 15) is 34.2 Å². The van der Waals surface area contributed by atoms with E-state index in [1.165, 1.54) is 14.2 Å². The van der Waals surface area contributed by atoms with Gasteiger partial charge in [0, 0.05) is 26.5 Å². The van der Waals surface area contributed by atoms with E-state index in [2.05, 4.69) is 10.3 Å². The number of nitrogens with one attached hydrogen (secondary N) is 2. The van der Waals surface area contributed by atoms with Gasteiger partial charge >= 0.3 is 5.69 Å². The van der Waals surface area contributed by atoms with Crippen molar-refractivity contribution in [1.29, 1.82) is 0 Å². The van der Waals surface area contributed by atoms with Gasteiger partial charge in [-0.25, -0.2) is 4.79 Å². The molecule has 1 aromatic rings. The molecule has 18 heteroatoms. The first-order valence-corrected chi connectivity index (χ1v) is 13.0. The summed E-state index contributed by atoms with van der Waals surface area (Å²) in [6, 6.07) is -0.00810. The molecule has 0 aliphatic carbocycles. The predicted molar refractivity (Wildman–Crippen MR) is 140 cm³/mol. The van der Waals surface area contributed by atoms with Crippen molar-refractivity contribution in [3.63, 3.8) is 0 Å². The van der Waals surface area contributed by atoms with Gasteiger partial charge in [-0.05, 0) is 31.9 Å². The van der Waals surface area contributed by atoms with Gasteiger partial charge in [-0.2, -0.15) is 0 Å². The number of H-pyrrole nitrogens is 1. The number of ether oxygens (including phenoxy) is 5. The molecular weight excluding hydrogens is 564 g/mol. The molecule has 0 aromatic carbocycles. The summed E-state index contributed by atoms with van der Waals surface area (Å²) in [6.07, 6.45) is -8.51. The number of aliphatic hydroxyl groups excluding tert-OH is 2. The number of methoxy groups -OCH3 is 2. The van der Waals surface area contributed by atoms with Crippen LogP contribution in [0.25, 0.3) is 0 Å². The van der Waals surface area contributed by atoms with Crippen LogP contribution in [0.15, 0.2) is 33.7 Å². The zero-order chi connectivity index (χ0) is 31.1. The van der Waals surface area contributed by atoms with Gasteiger partial charge in [0.25, 0.3) is 11.5 Å². The number of aliphatic hydroxyl groups is 2. The number of hydrogen-bond donors (Lipinski definition) is 7. The summed E-state index contributed by atoms with van der Waals surface area (Å²) in [4.78, 5) is 63.3. The van der Waals surface area contributed by atoms with Gasteiger partial charge in [0.15, 0.2) is 18.1 Å². The van der Waals surface area contributed by atoms with Gasteiger partial charge in [-0.1, -0.05) is 0 Å². The van der Waals surface area contributed by atoms with E-state index in [0.29, 0.717) is 19.4 Å². The summed E-state index contributed by atoms with van der Waals surface area (Å²) in [5.74, 6) is -3.42. The fraction of sp³-hybridized carbons (Fsp3) is 0.625. The molecule has 1 saturated heterocycles. The van der Waals surface area contributed by atoms with Crippen molar-refractivity contribution in [2.75, 3.05) is 20.8 Å². The molecule has 18 nitrogen and oxygen atoms in total. The first-order valence-electron chi connectivity index (χ1n) is 13.0. The van der Waals surface area contributed by atoms with Crippen LogP contribution in [-0.4, -0.2) is 107 Å². The number of nitrogens with zero attached hydrogens (tertiary/aromatic N) is 1. The van der Waals surface area contributed by atoms with Crippen molar-refractivity contribution in [2.45, 2.75) is 74.4 Å². The van der Waals surface area contributed by atoms with Crippen molar-refractivity contribution < 1.29 is 48.3 Å². The average Bonchev–Trinajstić information content (AvgIpc) is 3.30. The maximum atomic E-state index is 12.9. The van der Waals surface area contributed by atoms with E-state index in [1.807, 2.05) is 0 Å². The maximum absolute atomic E-state index is 12.9. The lowest BCUT2D eigenvalue weighted by Gasteiger charge is -2.35. The molecule has 3 amide bonds. The number of rotatable bonds is 14. The van der Waals surface area contributed by atoms with Crippen molar-refractivity contribution in [3.8, 4) is 0 Å². The van der Waals surface area contributed by atoms with E-state index in [-0.39, 0.29) is 6.42 Å². The molecule has 42 heavy (non-hydrogen) atoms. The summed E-state index contributed by atoms with van der Waals surface area (Å²) in [5, 5.41) is 23.3. The van der Waals surface area contributed by atoms with E-state index >= 15 is 0 Å². The number of amides is 3. The van der Waals surface area contributed by atoms with Gasteiger partial charge in [0.1, 0.15) is 36.6 Å². The van der Waals surface area contributed by atoms with E-state index in [0.717, 1.165) is 22.9 Å². The number of primary amides is 2. The van der Waals surface area contributed by atoms with Crippen LogP contribution in [0.2, 0.25) is 0 Å². The second-order valence-corrected chi connectivity index (χ2v) is 9.58. The third-order valence-electron chi connectivity index (χ3n) is 6.77. The van der Waals surface area contributed by atoms with Crippen LogP contribution in [0, 0.1) is 0 Å². The maximum Gasteiger partial charge on any atom is 0.330 e. The normalized spacial score (nSPS) is 28.8. The zero-order valence-electron chi connectivity index (χ0n) is 22.9. The fourth-order valence-electron chi connectivity index (χ4n) is 4.62. The van der Waals surface area contributed by atoms with Gasteiger partial charge in [0.05, 0.1) is 0 Å². The minimum absolute atomic E-state index is 0.193. The van der Waals surface area contributed by atoms with Gasteiger partial charge in [-0.15, -0.1) is 0 Å². The zero-order valence-corrected chi connectivity index (χ0v) is 22.9. The van der Waals surface area contributed by atoms with E-state index in [4.69, 9.17) is 40.9 Å². The third-order valence-corrected chi connectivity index (χ3v) is 6.77. The quantitative estimate of drug-likeness (QED) is 0.0991. The molecular formula is C24H36N6O12. The average molecular weight is 601 g/mol. The molecule has 2 aliphatic rings. The molecule has 1 fully saturated rings. The van der Waals surface area contributed by atoms with Crippen molar-refractivity contribution in [2.24, 2.45) is 17.2 Å². The Balaban J connectivity index is 1.83. The topological polar surface area (TPSA) is 283 Å². The van der Waals surface area contributed by atoms with Gasteiger partial charge < -0.3 is 56.4 Å². The number of nitrogens with two attached hydrogens (primary N) is 3. The summed E-state index contributed by atoms with van der Waals surface area (Å²) >= 11 is 0. The number of hydrogen-bond acceptors (Lipinski definition) is 13. The first kappa shape index (κ1) is 32.9. The molecule has 1 aromatic heterocycles. The molecule has 0 radical (unpaired) electrons.